The van der Waals surface area contributed by atoms with Crippen LogP contribution in [0.1, 0.15) is 18.4 Å². The van der Waals surface area contributed by atoms with E-state index in [4.69, 9.17) is 0 Å². The number of fused-ring (bicyclic) bond motifs is 1. The zero-order chi connectivity index (χ0) is 23.6. The van der Waals surface area contributed by atoms with Crippen molar-refractivity contribution in [3.05, 3.63) is 76.3 Å². The molecule has 1 saturated heterocycles. The number of nitro groups is 1. The van der Waals surface area contributed by atoms with Crippen LogP contribution in [-0.2, 0) is 11.2 Å². The number of carbonyl (C=O) groups excluding carboxylic acids is 1. The van der Waals surface area contributed by atoms with Gasteiger partial charge in [-0.3, -0.25) is 24.9 Å². The van der Waals surface area contributed by atoms with Crippen LogP contribution >= 0.6 is 0 Å². The number of hydrazine groups is 1. The number of anilines is 1. The van der Waals surface area contributed by atoms with Gasteiger partial charge in [-0.25, -0.2) is 0 Å². The molecule has 0 spiro atoms. The number of hydrogen-bond donors (Lipinski definition) is 0. The highest BCUT2D eigenvalue weighted by Gasteiger charge is 2.33. The molecule has 10 heteroatoms. The fourth-order valence-corrected chi connectivity index (χ4v) is 4.05. The Labute approximate surface area is 187 Å². The Morgan fingerprint density at radius 2 is 1.64 bits per heavy atom. The van der Waals surface area contributed by atoms with Crippen LogP contribution in [0.4, 0.5) is 24.5 Å². The largest absolute Gasteiger partial charge is 0.573 e. The zero-order valence-electron chi connectivity index (χ0n) is 17.4. The van der Waals surface area contributed by atoms with Crippen LogP contribution in [0, 0.1) is 10.1 Å². The lowest BCUT2D eigenvalue weighted by molar-refractivity contribution is -0.383. The molecule has 1 aliphatic heterocycles. The molecule has 0 bridgehead atoms. The van der Waals surface area contributed by atoms with E-state index in [1.54, 1.807) is 41.4 Å². The number of nitro benzene ring substituents is 1. The minimum absolute atomic E-state index is 0.0394. The van der Waals surface area contributed by atoms with Gasteiger partial charge in [0.25, 0.3) is 5.69 Å². The maximum atomic E-state index is 13.2. The molecule has 0 aromatic heterocycles. The molecule has 1 fully saturated rings. The van der Waals surface area contributed by atoms with Crippen molar-refractivity contribution in [3.8, 4) is 5.75 Å². The van der Waals surface area contributed by atoms with Crippen molar-refractivity contribution in [2.75, 3.05) is 18.1 Å². The fourth-order valence-electron chi connectivity index (χ4n) is 4.05. The first-order chi connectivity index (χ1) is 15.7. The van der Waals surface area contributed by atoms with Crippen LogP contribution in [0.15, 0.2) is 60.7 Å². The van der Waals surface area contributed by atoms with Crippen LogP contribution in [0.2, 0.25) is 0 Å². The average Bonchev–Trinajstić information content (AvgIpc) is 2.78. The lowest BCUT2D eigenvalue weighted by Gasteiger charge is -2.40. The molecule has 1 aliphatic rings. The molecule has 33 heavy (non-hydrogen) atoms. The number of para-hydroxylation sites is 1. The Kier molecular flexibility index (Phi) is 6.08. The highest BCUT2D eigenvalue weighted by Crippen LogP contribution is 2.35. The summed E-state index contributed by atoms with van der Waals surface area (Å²) in [6, 6.07) is 15.4. The number of rotatable bonds is 5. The van der Waals surface area contributed by atoms with E-state index in [0.717, 1.165) is 12.8 Å². The summed E-state index contributed by atoms with van der Waals surface area (Å²) in [5.74, 6) is -0.807. The van der Waals surface area contributed by atoms with E-state index in [-0.39, 0.29) is 17.7 Å². The maximum absolute atomic E-state index is 13.2. The smallest absolute Gasteiger partial charge is 0.405 e. The van der Waals surface area contributed by atoms with E-state index in [1.165, 1.54) is 29.3 Å². The van der Waals surface area contributed by atoms with Crippen molar-refractivity contribution in [2.45, 2.75) is 25.6 Å². The lowest BCUT2D eigenvalue weighted by Crippen LogP contribution is -2.51. The number of amides is 1. The number of halogens is 3. The zero-order valence-corrected chi connectivity index (χ0v) is 17.4. The minimum atomic E-state index is -4.87. The standard InChI is InChI=1S/C23H20F3N3O4/c24-23(25,26)33-21-10-4-1-7-16(21)15-22(30)28-14-6-5-13-27(28)19-11-12-20(29(31)32)18-9-3-2-8-17(18)19/h1-4,7-12H,5-6,13-15H2. The molecular formula is C23H20F3N3O4. The third-order valence-corrected chi connectivity index (χ3v) is 5.46. The maximum Gasteiger partial charge on any atom is 0.573 e. The summed E-state index contributed by atoms with van der Waals surface area (Å²) in [6.07, 6.45) is -3.63. The van der Waals surface area contributed by atoms with Gasteiger partial charge in [-0.05, 0) is 31.0 Å². The highest BCUT2D eigenvalue weighted by atomic mass is 19.4. The molecule has 7 nitrogen and oxygen atoms in total. The Balaban J connectivity index is 1.67. The van der Waals surface area contributed by atoms with E-state index in [1.807, 2.05) is 0 Å². The van der Waals surface area contributed by atoms with Crippen molar-refractivity contribution >= 4 is 28.1 Å². The first-order valence-electron chi connectivity index (χ1n) is 10.3. The first kappa shape index (κ1) is 22.4. The Hall–Kier alpha value is -3.82. The topological polar surface area (TPSA) is 75.9 Å². The van der Waals surface area contributed by atoms with Crippen molar-refractivity contribution in [2.24, 2.45) is 0 Å². The SMILES string of the molecule is O=C(Cc1ccccc1OC(F)(F)F)N1CCCCN1c1ccc([N+](=O)[O-])c2ccccc12. The average molecular weight is 459 g/mol. The first-order valence-corrected chi connectivity index (χ1v) is 10.3. The number of ether oxygens (including phenoxy) is 1. The number of hydrogen-bond acceptors (Lipinski definition) is 5. The summed E-state index contributed by atoms with van der Waals surface area (Å²) >= 11 is 0. The summed E-state index contributed by atoms with van der Waals surface area (Å²) in [6.45, 7) is 0.876. The van der Waals surface area contributed by atoms with Gasteiger partial charge in [-0.15, -0.1) is 13.2 Å². The van der Waals surface area contributed by atoms with E-state index in [2.05, 4.69) is 4.74 Å². The van der Waals surface area contributed by atoms with Crippen LogP contribution in [0.25, 0.3) is 10.8 Å². The van der Waals surface area contributed by atoms with Gasteiger partial charge in [0.05, 0.1) is 22.4 Å². The molecule has 0 aliphatic carbocycles. The number of alkyl halides is 3. The highest BCUT2D eigenvalue weighted by molar-refractivity contribution is 6.00. The van der Waals surface area contributed by atoms with Gasteiger partial charge < -0.3 is 4.74 Å². The third kappa shape index (κ3) is 4.84. The number of carbonyl (C=O) groups is 1. The molecule has 1 amide bonds. The molecule has 172 valence electrons. The second kappa shape index (κ2) is 8.97. The van der Waals surface area contributed by atoms with Crippen molar-refractivity contribution in [1.29, 1.82) is 0 Å². The third-order valence-electron chi connectivity index (χ3n) is 5.46. The molecule has 1 heterocycles. The predicted molar refractivity (Wildman–Crippen MR) is 116 cm³/mol. The molecule has 0 atom stereocenters. The van der Waals surface area contributed by atoms with Crippen molar-refractivity contribution in [3.63, 3.8) is 0 Å². The molecule has 0 saturated carbocycles. The van der Waals surface area contributed by atoms with Gasteiger partial charge in [0.15, 0.2) is 0 Å². The quantitative estimate of drug-likeness (QED) is 0.386. The fraction of sp³-hybridized carbons (Fsp3) is 0.261. The van der Waals surface area contributed by atoms with Gasteiger partial charge in [0.1, 0.15) is 5.75 Å². The molecule has 3 aromatic carbocycles. The summed E-state index contributed by atoms with van der Waals surface area (Å²) < 4.78 is 42.4. The molecule has 4 rings (SSSR count). The normalized spacial score (nSPS) is 14.4. The molecule has 0 N–H and O–H groups in total. The second-order valence-corrected chi connectivity index (χ2v) is 7.59. The number of non-ortho nitro benzene ring substituents is 1. The Bertz CT molecular complexity index is 1200. The summed E-state index contributed by atoms with van der Waals surface area (Å²) in [4.78, 5) is 24.2. The van der Waals surface area contributed by atoms with Crippen LogP contribution in [0.5, 0.6) is 5.75 Å². The predicted octanol–water partition coefficient (Wildman–Crippen LogP) is 5.23. The molecular weight excluding hydrogens is 439 g/mol. The van der Waals surface area contributed by atoms with E-state index >= 15 is 0 Å². The van der Waals surface area contributed by atoms with Crippen LogP contribution < -0.4 is 9.75 Å². The van der Waals surface area contributed by atoms with Crippen molar-refractivity contribution < 1.29 is 27.6 Å². The Morgan fingerprint density at radius 3 is 2.36 bits per heavy atom. The molecule has 0 unspecified atom stereocenters. The van der Waals surface area contributed by atoms with Gasteiger partial charge in [0.2, 0.25) is 5.91 Å². The van der Waals surface area contributed by atoms with Gasteiger partial charge >= 0.3 is 6.36 Å². The van der Waals surface area contributed by atoms with E-state index in [0.29, 0.717) is 29.5 Å². The minimum Gasteiger partial charge on any atom is -0.405 e. The summed E-state index contributed by atoms with van der Waals surface area (Å²) in [5.41, 5.74) is 0.713. The van der Waals surface area contributed by atoms with Crippen molar-refractivity contribution in [1.82, 2.24) is 5.01 Å². The van der Waals surface area contributed by atoms with Crippen LogP contribution in [0.3, 0.4) is 0 Å². The second-order valence-electron chi connectivity index (χ2n) is 7.59. The summed E-state index contributed by atoms with van der Waals surface area (Å²) in [5, 5.41) is 15.8. The monoisotopic (exact) mass is 459 g/mol. The van der Waals surface area contributed by atoms with Gasteiger partial charge in [0, 0.05) is 30.1 Å². The molecule has 3 aromatic rings. The van der Waals surface area contributed by atoms with E-state index < -0.39 is 22.9 Å². The number of nitrogens with zero attached hydrogens (tertiary/aromatic N) is 3. The number of benzene rings is 3. The van der Waals surface area contributed by atoms with Crippen LogP contribution in [-0.4, -0.2) is 35.3 Å². The summed E-state index contributed by atoms with van der Waals surface area (Å²) in [7, 11) is 0. The van der Waals surface area contributed by atoms with Gasteiger partial charge in [-0.1, -0.05) is 36.4 Å². The Morgan fingerprint density at radius 1 is 0.970 bits per heavy atom. The van der Waals surface area contributed by atoms with E-state index in [9.17, 15) is 28.1 Å². The molecule has 0 radical (unpaired) electrons. The lowest BCUT2D eigenvalue weighted by atomic mass is 10.1. The van der Waals surface area contributed by atoms with Gasteiger partial charge in [-0.2, -0.15) is 0 Å².